The number of carbonyl (C=O) groups is 2. The lowest BCUT2D eigenvalue weighted by Gasteiger charge is -2.42. The maximum absolute atomic E-state index is 13.6. The van der Waals surface area contributed by atoms with E-state index in [1.54, 1.807) is 4.90 Å². The van der Waals surface area contributed by atoms with Gasteiger partial charge in [-0.05, 0) is 36.4 Å². The quantitative estimate of drug-likeness (QED) is 0.677. The first-order valence-electron chi connectivity index (χ1n) is 9.67. The van der Waals surface area contributed by atoms with E-state index in [1.807, 2.05) is 0 Å². The van der Waals surface area contributed by atoms with Crippen LogP contribution in [0.5, 0.6) is 0 Å². The summed E-state index contributed by atoms with van der Waals surface area (Å²) < 4.78 is 53.7. The van der Waals surface area contributed by atoms with Gasteiger partial charge in [0.25, 0.3) is 5.91 Å². The molecule has 1 atom stereocenters. The smallest absolute Gasteiger partial charge is 0.367 e. The van der Waals surface area contributed by atoms with Gasteiger partial charge in [-0.2, -0.15) is 18.4 Å². The number of rotatable bonds is 3. The standard InChI is InChI=1S/C22H20F4N4O2/c1-28(2)21(32)19-13-29(17-7-6-15(12-27)18(11-17)22(24,25)26)8-9-30(19)20(31)14-4-3-5-16(23)10-14/h3-7,10-11,19H,8-9,13H2,1-2H3. The monoisotopic (exact) mass is 448 g/mol. The van der Waals surface area contributed by atoms with E-state index in [1.165, 1.54) is 54.2 Å². The summed E-state index contributed by atoms with van der Waals surface area (Å²) in [7, 11) is 3.02. The third kappa shape index (κ3) is 4.66. The van der Waals surface area contributed by atoms with Crippen LogP contribution in [0.3, 0.4) is 0 Å². The van der Waals surface area contributed by atoms with Crippen LogP contribution >= 0.6 is 0 Å². The van der Waals surface area contributed by atoms with Gasteiger partial charge in [0.15, 0.2) is 0 Å². The van der Waals surface area contributed by atoms with Gasteiger partial charge in [0.2, 0.25) is 5.91 Å². The van der Waals surface area contributed by atoms with Crippen LogP contribution in [0, 0.1) is 17.1 Å². The number of halogens is 4. The predicted molar refractivity (Wildman–Crippen MR) is 108 cm³/mol. The molecule has 1 aliphatic rings. The Morgan fingerprint density at radius 1 is 1.12 bits per heavy atom. The van der Waals surface area contributed by atoms with Crippen molar-refractivity contribution in [3.8, 4) is 6.07 Å². The number of piperazine rings is 1. The summed E-state index contributed by atoms with van der Waals surface area (Å²) in [6.07, 6.45) is -4.71. The van der Waals surface area contributed by atoms with Crippen LogP contribution in [0.15, 0.2) is 42.5 Å². The molecule has 10 heteroatoms. The van der Waals surface area contributed by atoms with Gasteiger partial charge in [-0.1, -0.05) is 6.07 Å². The number of alkyl halides is 3. The minimum absolute atomic E-state index is 0.0426. The Labute approximate surface area is 182 Å². The molecule has 2 aromatic rings. The van der Waals surface area contributed by atoms with Crippen molar-refractivity contribution in [3.63, 3.8) is 0 Å². The van der Waals surface area contributed by atoms with Gasteiger partial charge in [-0.15, -0.1) is 0 Å². The van der Waals surface area contributed by atoms with E-state index in [-0.39, 0.29) is 30.9 Å². The Morgan fingerprint density at radius 3 is 2.44 bits per heavy atom. The van der Waals surface area contributed by atoms with Gasteiger partial charge >= 0.3 is 6.18 Å². The third-order valence-corrected chi connectivity index (χ3v) is 5.23. The van der Waals surface area contributed by atoms with Crippen LogP contribution in [0.25, 0.3) is 0 Å². The fraction of sp³-hybridized carbons (Fsp3) is 0.318. The number of anilines is 1. The molecule has 1 fully saturated rings. The molecule has 32 heavy (non-hydrogen) atoms. The summed E-state index contributed by atoms with van der Waals surface area (Å²) in [5.41, 5.74) is -1.30. The lowest BCUT2D eigenvalue weighted by atomic mass is 10.0. The average Bonchev–Trinajstić information content (AvgIpc) is 2.76. The fourth-order valence-electron chi connectivity index (χ4n) is 3.62. The first kappa shape index (κ1) is 23.1. The zero-order valence-corrected chi connectivity index (χ0v) is 17.4. The normalized spacial score (nSPS) is 16.5. The van der Waals surface area contributed by atoms with Crippen molar-refractivity contribution in [1.82, 2.24) is 9.80 Å². The van der Waals surface area contributed by atoms with E-state index >= 15 is 0 Å². The number of carbonyl (C=O) groups excluding carboxylic acids is 2. The summed E-state index contributed by atoms with van der Waals surface area (Å²) in [5, 5.41) is 9.00. The van der Waals surface area contributed by atoms with Gasteiger partial charge in [0.1, 0.15) is 11.9 Å². The van der Waals surface area contributed by atoms with Crippen molar-refractivity contribution in [3.05, 3.63) is 65.0 Å². The van der Waals surface area contributed by atoms with Crippen LogP contribution in [-0.2, 0) is 11.0 Å². The first-order chi connectivity index (χ1) is 15.0. The molecule has 3 rings (SSSR count). The lowest BCUT2D eigenvalue weighted by molar-refractivity contribution is -0.138. The first-order valence-corrected chi connectivity index (χ1v) is 9.67. The molecule has 0 radical (unpaired) electrons. The third-order valence-electron chi connectivity index (χ3n) is 5.23. The summed E-state index contributed by atoms with van der Waals surface area (Å²) in [4.78, 5) is 30.0. The summed E-state index contributed by atoms with van der Waals surface area (Å²) in [6, 6.07) is 8.98. The zero-order valence-electron chi connectivity index (χ0n) is 17.4. The van der Waals surface area contributed by atoms with Crippen molar-refractivity contribution in [2.24, 2.45) is 0 Å². The van der Waals surface area contributed by atoms with Gasteiger partial charge in [0, 0.05) is 45.0 Å². The molecule has 2 aromatic carbocycles. The van der Waals surface area contributed by atoms with Gasteiger partial charge in [0.05, 0.1) is 17.2 Å². The fourth-order valence-corrected chi connectivity index (χ4v) is 3.62. The Bertz CT molecular complexity index is 1080. The van der Waals surface area contributed by atoms with Crippen LogP contribution < -0.4 is 4.90 Å². The SMILES string of the molecule is CN(C)C(=O)C1CN(c2ccc(C#N)c(C(F)(F)F)c2)CCN1C(=O)c1cccc(F)c1. The Hall–Kier alpha value is -3.61. The summed E-state index contributed by atoms with van der Waals surface area (Å²) in [6.45, 7) is 0.143. The van der Waals surface area contributed by atoms with E-state index in [4.69, 9.17) is 5.26 Å². The highest BCUT2D eigenvalue weighted by Crippen LogP contribution is 2.35. The number of benzene rings is 2. The van der Waals surface area contributed by atoms with E-state index < -0.39 is 41.0 Å². The van der Waals surface area contributed by atoms with E-state index in [0.29, 0.717) is 0 Å². The molecule has 1 aliphatic heterocycles. The van der Waals surface area contributed by atoms with Crippen LogP contribution in [0.2, 0.25) is 0 Å². The van der Waals surface area contributed by atoms with Crippen molar-refractivity contribution in [1.29, 1.82) is 5.26 Å². The molecule has 0 aromatic heterocycles. The Kier molecular flexibility index (Phi) is 6.39. The maximum atomic E-state index is 13.6. The Morgan fingerprint density at radius 2 is 1.84 bits per heavy atom. The summed E-state index contributed by atoms with van der Waals surface area (Å²) in [5.74, 6) is -1.55. The summed E-state index contributed by atoms with van der Waals surface area (Å²) >= 11 is 0. The van der Waals surface area contributed by atoms with Crippen LogP contribution in [-0.4, -0.2) is 61.4 Å². The number of hydrogen-bond acceptors (Lipinski definition) is 4. The number of hydrogen-bond donors (Lipinski definition) is 0. The number of nitrogens with zero attached hydrogens (tertiary/aromatic N) is 4. The predicted octanol–water partition coefficient (Wildman–Crippen LogP) is 3.14. The molecule has 0 bridgehead atoms. The maximum Gasteiger partial charge on any atom is 0.417 e. The van der Waals surface area contributed by atoms with Crippen molar-refractivity contribution in [2.45, 2.75) is 12.2 Å². The molecule has 1 unspecified atom stereocenters. The van der Waals surface area contributed by atoms with Crippen molar-refractivity contribution < 1.29 is 27.2 Å². The van der Waals surface area contributed by atoms with E-state index in [9.17, 15) is 27.2 Å². The molecule has 0 spiro atoms. The molecule has 168 valence electrons. The molecule has 0 N–H and O–H groups in total. The highest BCUT2D eigenvalue weighted by Gasteiger charge is 2.38. The van der Waals surface area contributed by atoms with Gasteiger partial charge in [-0.3, -0.25) is 9.59 Å². The van der Waals surface area contributed by atoms with Crippen LogP contribution in [0.1, 0.15) is 21.5 Å². The second-order valence-corrected chi connectivity index (χ2v) is 7.54. The number of likely N-dealkylation sites (N-methyl/N-ethyl adjacent to an activating group) is 1. The van der Waals surface area contributed by atoms with Gasteiger partial charge in [-0.25, -0.2) is 4.39 Å². The van der Waals surface area contributed by atoms with Gasteiger partial charge < -0.3 is 14.7 Å². The zero-order chi connectivity index (χ0) is 23.6. The second kappa shape index (κ2) is 8.86. The number of amides is 2. The van der Waals surface area contributed by atoms with E-state index in [0.717, 1.165) is 18.2 Å². The molecule has 1 heterocycles. The molecule has 0 saturated carbocycles. The molecule has 1 saturated heterocycles. The Balaban J connectivity index is 1.94. The molecule has 6 nitrogen and oxygen atoms in total. The van der Waals surface area contributed by atoms with E-state index in [2.05, 4.69) is 0 Å². The minimum atomic E-state index is -4.71. The second-order valence-electron chi connectivity index (χ2n) is 7.54. The molecule has 2 amide bonds. The lowest BCUT2D eigenvalue weighted by Crippen LogP contribution is -2.60. The molecule has 0 aliphatic carbocycles. The minimum Gasteiger partial charge on any atom is -0.367 e. The molecular weight excluding hydrogens is 428 g/mol. The topological polar surface area (TPSA) is 67.7 Å². The van der Waals surface area contributed by atoms with Crippen molar-refractivity contribution >= 4 is 17.5 Å². The molecular formula is C22H20F4N4O2. The highest BCUT2D eigenvalue weighted by molar-refractivity contribution is 5.98. The highest BCUT2D eigenvalue weighted by atomic mass is 19.4. The largest absolute Gasteiger partial charge is 0.417 e. The van der Waals surface area contributed by atoms with Crippen LogP contribution in [0.4, 0.5) is 23.2 Å². The average molecular weight is 448 g/mol. The van der Waals surface area contributed by atoms with Crippen molar-refractivity contribution in [2.75, 3.05) is 38.6 Å². The number of nitriles is 1.